The minimum atomic E-state index is -0.751. The van der Waals surface area contributed by atoms with Gasteiger partial charge in [0.15, 0.2) is 11.5 Å². The maximum atomic E-state index is 13.5. The molecule has 0 radical (unpaired) electrons. The third-order valence-electron chi connectivity index (χ3n) is 5.70. The zero-order valence-corrected chi connectivity index (χ0v) is 22.5. The van der Waals surface area contributed by atoms with Crippen molar-refractivity contribution in [3.8, 4) is 11.5 Å². The van der Waals surface area contributed by atoms with Gasteiger partial charge in [0.1, 0.15) is 6.04 Å². The second-order valence-electron chi connectivity index (χ2n) is 8.14. The summed E-state index contributed by atoms with van der Waals surface area (Å²) in [5.74, 6) is 0.568. The van der Waals surface area contributed by atoms with Gasteiger partial charge in [0, 0.05) is 28.2 Å². The molecule has 190 valence electrons. The summed E-state index contributed by atoms with van der Waals surface area (Å²) in [6.45, 7) is 2.14. The molecule has 36 heavy (non-hydrogen) atoms. The van der Waals surface area contributed by atoms with Gasteiger partial charge in [0.25, 0.3) is 0 Å². The molecular formula is C27H27Cl3N2O4. The summed E-state index contributed by atoms with van der Waals surface area (Å²) in [5, 5.41) is 4.43. The normalized spacial score (nSPS) is 11.5. The van der Waals surface area contributed by atoms with Crippen molar-refractivity contribution < 1.29 is 19.1 Å². The minimum absolute atomic E-state index is 0.0780. The largest absolute Gasteiger partial charge is 0.493 e. The lowest BCUT2D eigenvalue weighted by atomic mass is 10.1. The van der Waals surface area contributed by atoms with Gasteiger partial charge in [-0.1, -0.05) is 59.1 Å². The van der Waals surface area contributed by atoms with Crippen molar-refractivity contribution in [3.63, 3.8) is 0 Å². The summed E-state index contributed by atoms with van der Waals surface area (Å²) in [4.78, 5) is 28.1. The number of methoxy groups -OCH3 is 2. The first-order chi connectivity index (χ1) is 17.2. The first-order valence-corrected chi connectivity index (χ1v) is 12.3. The SMILES string of the molecule is COc1ccc(CC(=O)N(Cc2ccc(Cl)cc2)[C@@H](C)C(=O)NCc2ccc(Cl)cc2Cl)cc1OC. The number of carbonyl (C=O) groups excluding carboxylic acids is 2. The maximum absolute atomic E-state index is 13.5. The second kappa shape index (κ2) is 12.9. The first kappa shape index (κ1) is 27.7. The van der Waals surface area contributed by atoms with Crippen molar-refractivity contribution in [1.82, 2.24) is 10.2 Å². The molecule has 0 fully saturated rings. The molecule has 0 saturated carbocycles. The molecule has 0 unspecified atom stereocenters. The van der Waals surface area contributed by atoms with Gasteiger partial charge in [-0.15, -0.1) is 0 Å². The van der Waals surface area contributed by atoms with Crippen LogP contribution in [0.2, 0.25) is 15.1 Å². The fourth-order valence-electron chi connectivity index (χ4n) is 3.63. The molecule has 0 aliphatic rings. The number of benzene rings is 3. The number of halogens is 3. The van der Waals surface area contributed by atoms with E-state index >= 15 is 0 Å². The van der Waals surface area contributed by atoms with E-state index in [1.165, 1.54) is 7.11 Å². The van der Waals surface area contributed by atoms with Crippen molar-refractivity contribution >= 4 is 46.6 Å². The number of rotatable bonds is 10. The zero-order chi connectivity index (χ0) is 26.2. The molecule has 9 heteroatoms. The molecule has 0 heterocycles. The van der Waals surface area contributed by atoms with E-state index < -0.39 is 6.04 Å². The van der Waals surface area contributed by atoms with Crippen molar-refractivity contribution in [2.75, 3.05) is 14.2 Å². The van der Waals surface area contributed by atoms with Crippen LogP contribution in [0.25, 0.3) is 0 Å². The van der Waals surface area contributed by atoms with Crippen LogP contribution in [-0.4, -0.2) is 37.0 Å². The summed E-state index contributed by atoms with van der Waals surface area (Å²) in [7, 11) is 3.09. The predicted molar refractivity (Wildman–Crippen MR) is 143 cm³/mol. The average Bonchev–Trinajstić information content (AvgIpc) is 2.87. The molecule has 6 nitrogen and oxygen atoms in total. The Bertz CT molecular complexity index is 1220. The summed E-state index contributed by atoms with van der Waals surface area (Å²) in [5.41, 5.74) is 2.31. The number of nitrogens with zero attached hydrogens (tertiary/aromatic N) is 1. The quantitative estimate of drug-likeness (QED) is 0.340. The van der Waals surface area contributed by atoms with Crippen molar-refractivity contribution in [3.05, 3.63) is 92.4 Å². The van der Waals surface area contributed by atoms with Crippen LogP contribution in [0.3, 0.4) is 0 Å². The van der Waals surface area contributed by atoms with Crippen LogP contribution in [0.15, 0.2) is 60.7 Å². The third-order valence-corrected chi connectivity index (χ3v) is 6.54. The molecule has 0 aliphatic carbocycles. The van der Waals surface area contributed by atoms with E-state index in [4.69, 9.17) is 44.3 Å². The fraction of sp³-hybridized carbons (Fsp3) is 0.259. The predicted octanol–water partition coefficient (Wildman–Crippen LogP) is 5.94. The van der Waals surface area contributed by atoms with Crippen molar-refractivity contribution in [2.24, 2.45) is 0 Å². The molecule has 0 spiro atoms. The van der Waals surface area contributed by atoms with E-state index in [1.807, 2.05) is 12.1 Å². The highest BCUT2D eigenvalue weighted by molar-refractivity contribution is 6.35. The lowest BCUT2D eigenvalue weighted by Gasteiger charge is -2.29. The van der Waals surface area contributed by atoms with Crippen molar-refractivity contribution in [2.45, 2.75) is 32.5 Å². The highest BCUT2D eigenvalue weighted by Gasteiger charge is 2.26. The van der Waals surface area contributed by atoms with Crippen LogP contribution in [0.4, 0.5) is 0 Å². The van der Waals surface area contributed by atoms with Gasteiger partial charge < -0.3 is 19.7 Å². The first-order valence-electron chi connectivity index (χ1n) is 11.2. The fourth-order valence-corrected chi connectivity index (χ4v) is 4.23. The molecule has 3 aromatic carbocycles. The molecular weight excluding hydrogens is 523 g/mol. The Morgan fingerprint density at radius 1 is 0.861 bits per heavy atom. The summed E-state index contributed by atoms with van der Waals surface area (Å²) >= 11 is 18.2. The number of hydrogen-bond acceptors (Lipinski definition) is 4. The number of carbonyl (C=O) groups is 2. The molecule has 0 aliphatic heterocycles. The van der Waals surface area contributed by atoms with Gasteiger partial charge in [-0.05, 0) is 60.0 Å². The smallest absolute Gasteiger partial charge is 0.242 e. The van der Waals surface area contributed by atoms with Crippen LogP contribution in [0.5, 0.6) is 11.5 Å². The molecule has 3 aromatic rings. The highest BCUT2D eigenvalue weighted by Crippen LogP contribution is 2.28. The Morgan fingerprint density at radius 3 is 2.14 bits per heavy atom. The lowest BCUT2D eigenvalue weighted by molar-refractivity contribution is -0.140. The number of hydrogen-bond donors (Lipinski definition) is 1. The average molecular weight is 550 g/mol. The molecule has 3 rings (SSSR count). The van der Waals surface area contributed by atoms with Gasteiger partial charge in [-0.3, -0.25) is 9.59 Å². The molecule has 1 N–H and O–H groups in total. The van der Waals surface area contributed by atoms with Gasteiger partial charge in [-0.2, -0.15) is 0 Å². The Kier molecular flexibility index (Phi) is 9.88. The monoisotopic (exact) mass is 548 g/mol. The minimum Gasteiger partial charge on any atom is -0.493 e. The van der Waals surface area contributed by atoms with E-state index in [-0.39, 0.29) is 31.3 Å². The summed E-state index contributed by atoms with van der Waals surface area (Å²) in [6.07, 6.45) is 0.0780. The van der Waals surface area contributed by atoms with Crippen LogP contribution in [0.1, 0.15) is 23.6 Å². The van der Waals surface area contributed by atoms with Crippen LogP contribution in [0, 0.1) is 0 Å². The maximum Gasteiger partial charge on any atom is 0.242 e. The van der Waals surface area contributed by atoms with Crippen molar-refractivity contribution in [1.29, 1.82) is 0 Å². The second-order valence-corrected chi connectivity index (χ2v) is 9.42. The van der Waals surface area contributed by atoms with Crippen LogP contribution in [-0.2, 0) is 29.1 Å². The Balaban J connectivity index is 1.79. The van der Waals surface area contributed by atoms with E-state index in [9.17, 15) is 9.59 Å². The number of nitrogens with one attached hydrogen (secondary N) is 1. The Labute approximate surface area is 226 Å². The third kappa shape index (κ3) is 7.29. The van der Waals surface area contributed by atoms with Gasteiger partial charge >= 0.3 is 0 Å². The van der Waals surface area contributed by atoms with E-state index in [2.05, 4.69) is 5.32 Å². The van der Waals surface area contributed by atoms with E-state index in [1.54, 1.807) is 67.5 Å². The van der Waals surface area contributed by atoms with Crippen LogP contribution >= 0.6 is 34.8 Å². The molecule has 2 amide bonds. The molecule has 0 saturated heterocycles. The molecule has 0 aromatic heterocycles. The van der Waals surface area contributed by atoms with Crippen LogP contribution < -0.4 is 14.8 Å². The molecule has 0 bridgehead atoms. The lowest BCUT2D eigenvalue weighted by Crippen LogP contribution is -2.48. The highest BCUT2D eigenvalue weighted by atomic mass is 35.5. The standard InChI is InChI=1S/C27H27Cl3N2O4/c1-17(27(34)31-15-20-7-10-22(29)14-23(20)30)32(16-18-4-8-21(28)9-5-18)26(33)13-19-6-11-24(35-2)25(12-19)36-3/h4-12,14,17H,13,15-16H2,1-3H3,(H,31,34)/t17-/m0/s1. The van der Waals surface area contributed by atoms with Gasteiger partial charge in [0.05, 0.1) is 20.6 Å². The summed E-state index contributed by atoms with van der Waals surface area (Å²) < 4.78 is 10.6. The Morgan fingerprint density at radius 2 is 1.50 bits per heavy atom. The number of ether oxygens (including phenoxy) is 2. The van der Waals surface area contributed by atoms with E-state index in [0.29, 0.717) is 26.6 Å². The van der Waals surface area contributed by atoms with E-state index in [0.717, 1.165) is 16.7 Å². The summed E-state index contributed by atoms with van der Waals surface area (Å²) in [6, 6.07) is 16.8. The zero-order valence-electron chi connectivity index (χ0n) is 20.2. The Hall–Kier alpha value is -2.93. The van der Waals surface area contributed by atoms with Gasteiger partial charge in [-0.25, -0.2) is 0 Å². The van der Waals surface area contributed by atoms with Gasteiger partial charge in [0.2, 0.25) is 11.8 Å². The molecule has 1 atom stereocenters. The topological polar surface area (TPSA) is 67.9 Å². The number of amides is 2.